The highest BCUT2D eigenvalue weighted by atomic mass is 32.2. The lowest BCUT2D eigenvalue weighted by molar-refractivity contribution is 0.102. The van der Waals surface area contributed by atoms with E-state index in [1.165, 1.54) is 11.8 Å². The zero-order chi connectivity index (χ0) is 18.5. The van der Waals surface area contributed by atoms with Crippen LogP contribution in [-0.2, 0) is 0 Å². The minimum absolute atomic E-state index is 0.0826. The molecule has 4 rings (SSSR count). The Bertz CT molecular complexity index is 1060. The predicted molar refractivity (Wildman–Crippen MR) is 110 cm³/mol. The van der Waals surface area contributed by atoms with E-state index in [0.717, 1.165) is 21.5 Å². The highest BCUT2D eigenvalue weighted by Crippen LogP contribution is 2.27. The van der Waals surface area contributed by atoms with Crippen LogP contribution in [0.25, 0.3) is 10.9 Å². The summed E-state index contributed by atoms with van der Waals surface area (Å²) in [5.74, 6) is 1.94. The number of hydrogen-bond donors (Lipinski definition) is 0. The first-order valence-electron chi connectivity index (χ1n) is 8.62. The minimum atomic E-state index is 0.0826. The molecule has 0 aliphatic rings. The van der Waals surface area contributed by atoms with Crippen molar-refractivity contribution in [2.75, 3.05) is 5.75 Å². The molecule has 132 valence electrons. The fourth-order valence-corrected chi connectivity index (χ4v) is 3.69. The second kappa shape index (κ2) is 8.06. The van der Waals surface area contributed by atoms with Gasteiger partial charge in [-0.1, -0.05) is 36.4 Å². The highest BCUT2D eigenvalue weighted by Gasteiger charge is 2.09. The Kier molecular flexibility index (Phi) is 5.17. The number of ether oxygens (including phenoxy) is 1. The van der Waals surface area contributed by atoms with Crippen LogP contribution in [0.15, 0.2) is 96.0 Å². The average molecular weight is 371 g/mol. The van der Waals surface area contributed by atoms with E-state index in [-0.39, 0.29) is 5.78 Å². The molecule has 0 saturated carbocycles. The number of thioether (sulfide) groups is 1. The molecule has 0 aliphatic heterocycles. The maximum atomic E-state index is 12.5. The second-order valence-electron chi connectivity index (χ2n) is 5.98. The van der Waals surface area contributed by atoms with Gasteiger partial charge >= 0.3 is 0 Å². The molecular formula is C23H17NO2S. The van der Waals surface area contributed by atoms with E-state index < -0.39 is 0 Å². The maximum absolute atomic E-state index is 12.5. The van der Waals surface area contributed by atoms with E-state index >= 15 is 0 Å². The van der Waals surface area contributed by atoms with Gasteiger partial charge in [0, 0.05) is 22.0 Å². The molecule has 0 N–H and O–H groups in total. The van der Waals surface area contributed by atoms with E-state index in [1.54, 1.807) is 6.20 Å². The third-order valence-corrected chi connectivity index (χ3v) is 5.16. The summed E-state index contributed by atoms with van der Waals surface area (Å²) >= 11 is 1.52. The number of pyridine rings is 1. The Morgan fingerprint density at radius 3 is 2.37 bits per heavy atom. The summed E-state index contributed by atoms with van der Waals surface area (Å²) in [7, 11) is 0. The molecule has 0 saturated heterocycles. The minimum Gasteiger partial charge on any atom is -0.457 e. The number of fused-ring (bicyclic) bond motifs is 1. The third kappa shape index (κ3) is 4.18. The van der Waals surface area contributed by atoms with Gasteiger partial charge in [-0.2, -0.15) is 0 Å². The normalized spacial score (nSPS) is 10.7. The Morgan fingerprint density at radius 1 is 0.815 bits per heavy atom. The summed E-state index contributed by atoms with van der Waals surface area (Å²) < 4.78 is 5.77. The highest BCUT2D eigenvalue weighted by molar-refractivity contribution is 8.00. The van der Waals surface area contributed by atoms with Crippen molar-refractivity contribution in [3.05, 3.63) is 96.7 Å². The molecule has 0 radical (unpaired) electrons. The standard InChI is InChI=1S/C23H17NO2S/c25-21(16-27-22-10-4-6-18-7-5-15-24-23(18)22)17-11-13-20(14-12-17)26-19-8-2-1-3-9-19/h1-15H,16H2. The van der Waals surface area contributed by atoms with Gasteiger partial charge in [-0.25, -0.2) is 0 Å². The first-order valence-corrected chi connectivity index (χ1v) is 9.61. The van der Waals surface area contributed by atoms with Crippen molar-refractivity contribution in [1.82, 2.24) is 4.98 Å². The molecule has 0 atom stereocenters. The zero-order valence-corrected chi connectivity index (χ0v) is 15.4. The van der Waals surface area contributed by atoms with Gasteiger partial charge in [0.2, 0.25) is 0 Å². The van der Waals surface area contributed by atoms with Gasteiger partial charge in [0.15, 0.2) is 5.78 Å². The van der Waals surface area contributed by atoms with Crippen molar-refractivity contribution in [3.63, 3.8) is 0 Å². The molecular weight excluding hydrogens is 354 g/mol. The van der Waals surface area contributed by atoms with Crippen LogP contribution in [0.2, 0.25) is 0 Å². The largest absolute Gasteiger partial charge is 0.457 e. The Morgan fingerprint density at radius 2 is 1.56 bits per heavy atom. The molecule has 1 aromatic heterocycles. The number of para-hydroxylation sites is 2. The molecule has 4 aromatic rings. The number of rotatable bonds is 6. The van der Waals surface area contributed by atoms with Crippen LogP contribution in [0.5, 0.6) is 11.5 Å². The molecule has 1 heterocycles. The summed E-state index contributed by atoms with van der Waals surface area (Å²) in [4.78, 5) is 18.0. The summed E-state index contributed by atoms with van der Waals surface area (Å²) in [5, 5.41) is 1.08. The van der Waals surface area contributed by atoms with Crippen molar-refractivity contribution < 1.29 is 9.53 Å². The van der Waals surface area contributed by atoms with Crippen molar-refractivity contribution in [2.45, 2.75) is 4.90 Å². The van der Waals surface area contributed by atoms with Gasteiger partial charge in [-0.3, -0.25) is 9.78 Å². The first-order chi connectivity index (χ1) is 13.3. The molecule has 0 bridgehead atoms. The SMILES string of the molecule is O=C(CSc1cccc2cccnc12)c1ccc(Oc2ccccc2)cc1. The maximum Gasteiger partial charge on any atom is 0.173 e. The quantitative estimate of drug-likeness (QED) is 0.308. The number of ketones is 1. The number of carbonyl (C=O) groups excluding carboxylic acids is 1. The summed E-state index contributed by atoms with van der Waals surface area (Å²) in [5.41, 5.74) is 1.61. The van der Waals surface area contributed by atoms with Crippen molar-refractivity contribution >= 4 is 28.4 Å². The Balaban J connectivity index is 1.42. The first kappa shape index (κ1) is 17.3. The topological polar surface area (TPSA) is 39.2 Å². The van der Waals surface area contributed by atoms with Crippen LogP contribution in [0, 0.1) is 0 Å². The number of benzene rings is 3. The second-order valence-corrected chi connectivity index (χ2v) is 7.00. The van der Waals surface area contributed by atoms with Crippen molar-refractivity contribution in [3.8, 4) is 11.5 Å². The lowest BCUT2D eigenvalue weighted by Crippen LogP contribution is -2.02. The summed E-state index contributed by atoms with van der Waals surface area (Å²) in [6.07, 6.45) is 1.78. The van der Waals surface area contributed by atoms with Gasteiger partial charge < -0.3 is 4.74 Å². The predicted octanol–water partition coefficient (Wildman–Crippen LogP) is 6.00. The lowest BCUT2D eigenvalue weighted by atomic mass is 10.1. The fraction of sp³-hybridized carbons (Fsp3) is 0.0435. The van der Waals surface area contributed by atoms with Crippen LogP contribution in [0.4, 0.5) is 0 Å². The number of carbonyl (C=O) groups is 1. The van der Waals surface area contributed by atoms with Crippen LogP contribution >= 0.6 is 11.8 Å². The van der Waals surface area contributed by atoms with Gasteiger partial charge in [0.05, 0.1) is 11.3 Å². The van der Waals surface area contributed by atoms with E-state index in [4.69, 9.17) is 4.74 Å². The monoisotopic (exact) mass is 371 g/mol. The van der Waals surface area contributed by atoms with E-state index in [0.29, 0.717) is 17.1 Å². The molecule has 0 unspecified atom stereocenters. The van der Waals surface area contributed by atoms with E-state index in [2.05, 4.69) is 4.98 Å². The molecule has 3 aromatic carbocycles. The van der Waals surface area contributed by atoms with Crippen LogP contribution in [0.3, 0.4) is 0 Å². The lowest BCUT2D eigenvalue weighted by Gasteiger charge is -2.07. The van der Waals surface area contributed by atoms with E-state index in [9.17, 15) is 4.79 Å². The third-order valence-electron chi connectivity index (χ3n) is 4.11. The van der Waals surface area contributed by atoms with Crippen molar-refractivity contribution in [1.29, 1.82) is 0 Å². The van der Waals surface area contributed by atoms with Gasteiger partial charge in [0.1, 0.15) is 11.5 Å². The number of hydrogen-bond acceptors (Lipinski definition) is 4. The van der Waals surface area contributed by atoms with Crippen molar-refractivity contribution in [2.24, 2.45) is 0 Å². The van der Waals surface area contributed by atoms with Crippen LogP contribution in [-0.4, -0.2) is 16.5 Å². The van der Waals surface area contributed by atoms with E-state index in [1.807, 2.05) is 84.9 Å². The molecule has 0 spiro atoms. The Hall–Kier alpha value is -3.11. The molecule has 0 amide bonds. The summed E-state index contributed by atoms with van der Waals surface area (Å²) in [6.45, 7) is 0. The van der Waals surface area contributed by atoms with Crippen LogP contribution < -0.4 is 4.74 Å². The fourth-order valence-electron chi connectivity index (χ4n) is 2.75. The van der Waals surface area contributed by atoms with Gasteiger partial charge in [-0.05, 0) is 48.5 Å². The number of Topliss-reactive ketones (excluding diaryl/α,β-unsaturated/α-hetero) is 1. The Labute approximate surface area is 162 Å². The molecule has 27 heavy (non-hydrogen) atoms. The number of nitrogens with zero attached hydrogens (tertiary/aromatic N) is 1. The van der Waals surface area contributed by atoms with Gasteiger partial charge in [0.25, 0.3) is 0 Å². The molecule has 3 nitrogen and oxygen atoms in total. The van der Waals surface area contributed by atoms with Crippen LogP contribution in [0.1, 0.15) is 10.4 Å². The number of aromatic nitrogens is 1. The zero-order valence-electron chi connectivity index (χ0n) is 14.5. The summed E-state index contributed by atoms with van der Waals surface area (Å²) in [6, 6.07) is 26.8. The molecule has 4 heteroatoms. The molecule has 0 fully saturated rings. The van der Waals surface area contributed by atoms with Gasteiger partial charge in [-0.15, -0.1) is 11.8 Å². The molecule has 0 aliphatic carbocycles. The average Bonchev–Trinajstić information content (AvgIpc) is 2.73. The smallest absolute Gasteiger partial charge is 0.173 e.